The van der Waals surface area contributed by atoms with Gasteiger partial charge in [-0.1, -0.05) is 6.07 Å². The fourth-order valence-corrected chi connectivity index (χ4v) is 2.44. The number of ether oxygens (including phenoxy) is 1. The first kappa shape index (κ1) is 14.3. The van der Waals surface area contributed by atoms with E-state index in [9.17, 15) is 14.0 Å². The van der Waals surface area contributed by atoms with Crippen molar-refractivity contribution in [3.63, 3.8) is 0 Å². The number of carboxylic acid groups (broad SMARTS) is 1. The molecule has 108 valence electrons. The summed E-state index contributed by atoms with van der Waals surface area (Å²) in [6.07, 6.45) is 1.86. The summed E-state index contributed by atoms with van der Waals surface area (Å²) in [6, 6.07) is 4.10. The first-order valence-corrected chi connectivity index (χ1v) is 6.34. The van der Waals surface area contributed by atoms with E-state index in [-0.39, 0.29) is 17.7 Å². The monoisotopic (exact) mass is 281 g/mol. The van der Waals surface area contributed by atoms with Crippen molar-refractivity contribution in [3.8, 4) is 5.75 Å². The topological polar surface area (TPSA) is 75.6 Å². The first-order valence-electron chi connectivity index (χ1n) is 6.34. The lowest BCUT2D eigenvalue weighted by molar-refractivity contribution is -0.139. The quantitative estimate of drug-likeness (QED) is 0.865. The van der Waals surface area contributed by atoms with Gasteiger partial charge in [-0.15, -0.1) is 0 Å². The summed E-state index contributed by atoms with van der Waals surface area (Å²) >= 11 is 0. The Morgan fingerprint density at radius 2 is 2.15 bits per heavy atom. The van der Waals surface area contributed by atoms with Crippen LogP contribution >= 0.6 is 0 Å². The molecular weight excluding hydrogens is 265 g/mol. The number of benzene rings is 1. The Kier molecular flexibility index (Phi) is 3.92. The van der Waals surface area contributed by atoms with Crippen LogP contribution in [-0.2, 0) is 4.79 Å². The minimum absolute atomic E-state index is 0.132. The molecule has 20 heavy (non-hydrogen) atoms. The van der Waals surface area contributed by atoms with E-state index >= 15 is 0 Å². The van der Waals surface area contributed by atoms with E-state index in [0.29, 0.717) is 12.8 Å². The number of nitrogens with one attached hydrogen (secondary N) is 1. The number of carbonyl (C=O) groups excluding carboxylic acids is 1. The third-order valence-electron chi connectivity index (χ3n) is 3.60. The van der Waals surface area contributed by atoms with Crippen molar-refractivity contribution in [1.29, 1.82) is 0 Å². The van der Waals surface area contributed by atoms with Gasteiger partial charge in [0.1, 0.15) is 17.1 Å². The molecule has 1 aromatic carbocycles. The summed E-state index contributed by atoms with van der Waals surface area (Å²) in [5, 5.41) is 11.6. The molecule has 0 spiro atoms. The Labute approximate surface area is 115 Å². The predicted molar refractivity (Wildman–Crippen MR) is 69.3 cm³/mol. The lowest BCUT2D eigenvalue weighted by atomic mass is 9.74. The minimum Gasteiger partial charge on any atom is -0.496 e. The van der Waals surface area contributed by atoms with Gasteiger partial charge in [-0.25, -0.2) is 4.39 Å². The van der Waals surface area contributed by atoms with Crippen LogP contribution in [0.2, 0.25) is 0 Å². The van der Waals surface area contributed by atoms with Gasteiger partial charge in [-0.2, -0.15) is 0 Å². The van der Waals surface area contributed by atoms with Gasteiger partial charge >= 0.3 is 5.97 Å². The molecule has 2 rings (SSSR count). The molecular formula is C14H16FNO4. The Hall–Kier alpha value is -2.11. The standard InChI is InChI=1S/C14H16FNO4/c1-20-10-5-2-4-9(15)12(10)13(19)16-14(6-3-7-14)8-11(17)18/h2,4-5H,3,6-8H2,1H3,(H,16,19)(H,17,18). The number of carboxylic acids is 1. The normalized spacial score (nSPS) is 16.1. The van der Waals surface area contributed by atoms with E-state index in [2.05, 4.69) is 5.32 Å². The molecule has 0 unspecified atom stereocenters. The van der Waals surface area contributed by atoms with Gasteiger partial charge in [0.15, 0.2) is 0 Å². The lowest BCUT2D eigenvalue weighted by Gasteiger charge is -2.41. The highest BCUT2D eigenvalue weighted by Gasteiger charge is 2.41. The number of amides is 1. The summed E-state index contributed by atoms with van der Waals surface area (Å²) in [5.41, 5.74) is -0.956. The largest absolute Gasteiger partial charge is 0.496 e. The zero-order valence-electron chi connectivity index (χ0n) is 11.1. The number of hydrogen-bond acceptors (Lipinski definition) is 3. The molecule has 0 saturated heterocycles. The van der Waals surface area contributed by atoms with E-state index in [1.54, 1.807) is 0 Å². The Balaban J connectivity index is 2.22. The van der Waals surface area contributed by atoms with Crippen molar-refractivity contribution in [1.82, 2.24) is 5.32 Å². The van der Waals surface area contributed by atoms with Crippen LogP contribution in [0.25, 0.3) is 0 Å². The van der Waals surface area contributed by atoms with Crippen molar-refractivity contribution in [3.05, 3.63) is 29.6 Å². The molecule has 0 atom stereocenters. The van der Waals surface area contributed by atoms with Crippen LogP contribution < -0.4 is 10.1 Å². The smallest absolute Gasteiger partial charge is 0.305 e. The first-order chi connectivity index (χ1) is 9.47. The maximum absolute atomic E-state index is 13.8. The third kappa shape index (κ3) is 2.74. The molecule has 6 heteroatoms. The van der Waals surface area contributed by atoms with E-state index < -0.39 is 23.2 Å². The summed E-state index contributed by atoms with van der Waals surface area (Å²) in [6.45, 7) is 0. The van der Waals surface area contributed by atoms with Crippen molar-refractivity contribution in [2.45, 2.75) is 31.2 Å². The summed E-state index contributed by atoms with van der Waals surface area (Å²) in [4.78, 5) is 23.1. The number of aliphatic carboxylic acids is 1. The maximum atomic E-state index is 13.8. The van der Waals surface area contributed by atoms with E-state index in [1.807, 2.05) is 0 Å². The average molecular weight is 281 g/mol. The Bertz CT molecular complexity index is 540. The lowest BCUT2D eigenvalue weighted by Crippen LogP contribution is -2.54. The van der Waals surface area contributed by atoms with Gasteiger partial charge in [0.25, 0.3) is 5.91 Å². The van der Waals surface area contributed by atoms with Crippen molar-refractivity contribution in [2.24, 2.45) is 0 Å². The molecule has 0 heterocycles. The number of methoxy groups -OCH3 is 1. The van der Waals surface area contributed by atoms with E-state index in [0.717, 1.165) is 6.42 Å². The molecule has 1 aliphatic carbocycles. The van der Waals surface area contributed by atoms with E-state index in [4.69, 9.17) is 9.84 Å². The number of rotatable bonds is 5. The average Bonchev–Trinajstić information content (AvgIpc) is 2.34. The van der Waals surface area contributed by atoms with Crippen LogP contribution in [0.1, 0.15) is 36.0 Å². The molecule has 0 radical (unpaired) electrons. The highest BCUT2D eigenvalue weighted by molar-refractivity contribution is 5.98. The third-order valence-corrected chi connectivity index (χ3v) is 3.60. The second kappa shape index (κ2) is 5.48. The number of halogens is 1. The van der Waals surface area contributed by atoms with Crippen LogP contribution in [0.5, 0.6) is 5.75 Å². The maximum Gasteiger partial charge on any atom is 0.305 e. The zero-order chi connectivity index (χ0) is 14.8. The van der Waals surface area contributed by atoms with Crippen molar-refractivity contribution < 1.29 is 23.8 Å². The molecule has 1 aliphatic rings. The molecule has 1 fully saturated rings. The highest BCUT2D eigenvalue weighted by Crippen LogP contribution is 2.35. The van der Waals surface area contributed by atoms with Gasteiger partial charge in [0.2, 0.25) is 0 Å². The highest BCUT2D eigenvalue weighted by atomic mass is 19.1. The second-order valence-electron chi connectivity index (χ2n) is 4.98. The molecule has 5 nitrogen and oxygen atoms in total. The van der Waals surface area contributed by atoms with Crippen molar-refractivity contribution >= 4 is 11.9 Å². The van der Waals surface area contributed by atoms with Gasteiger partial charge in [-0.05, 0) is 31.4 Å². The minimum atomic E-state index is -0.981. The number of hydrogen-bond donors (Lipinski definition) is 2. The fourth-order valence-electron chi connectivity index (χ4n) is 2.44. The van der Waals surface area contributed by atoms with Crippen LogP contribution in [0.15, 0.2) is 18.2 Å². The van der Waals surface area contributed by atoms with Crippen LogP contribution in [0, 0.1) is 5.82 Å². The molecule has 0 aliphatic heterocycles. The molecule has 1 aromatic rings. The van der Waals surface area contributed by atoms with Gasteiger partial charge in [-0.3, -0.25) is 9.59 Å². The van der Waals surface area contributed by atoms with Gasteiger partial charge in [0, 0.05) is 0 Å². The second-order valence-corrected chi connectivity index (χ2v) is 4.98. The summed E-state index contributed by atoms with van der Waals surface area (Å²) < 4.78 is 18.8. The fraction of sp³-hybridized carbons (Fsp3) is 0.429. The van der Waals surface area contributed by atoms with Crippen molar-refractivity contribution in [2.75, 3.05) is 7.11 Å². The van der Waals surface area contributed by atoms with Gasteiger partial charge in [0.05, 0.1) is 19.1 Å². The summed E-state index contributed by atoms with van der Waals surface area (Å²) in [5.74, 6) is -2.18. The van der Waals surface area contributed by atoms with Crippen LogP contribution in [-0.4, -0.2) is 29.6 Å². The molecule has 2 N–H and O–H groups in total. The van der Waals surface area contributed by atoms with E-state index in [1.165, 1.54) is 25.3 Å². The molecule has 1 saturated carbocycles. The SMILES string of the molecule is COc1cccc(F)c1C(=O)NC1(CC(=O)O)CCC1. The molecule has 0 bridgehead atoms. The Morgan fingerprint density at radius 1 is 1.45 bits per heavy atom. The molecule has 1 amide bonds. The van der Waals surface area contributed by atoms with Gasteiger partial charge < -0.3 is 15.2 Å². The van der Waals surface area contributed by atoms with Crippen LogP contribution in [0.4, 0.5) is 4.39 Å². The summed E-state index contributed by atoms with van der Waals surface area (Å²) in [7, 11) is 1.35. The van der Waals surface area contributed by atoms with Crippen LogP contribution in [0.3, 0.4) is 0 Å². The number of carbonyl (C=O) groups is 2. The molecule has 0 aromatic heterocycles. The Morgan fingerprint density at radius 3 is 2.65 bits per heavy atom. The zero-order valence-corrected chi connectivity index (χ0v) is 11.1. The predicted octanol–water partition coefficient (Wildman–Crippen LogP) is 1.96.